The van der Waals surface area contributed by atoms with Crippen LogP contribution in [0.5, 0.6) is 5.75 Å². The number of thiophene rings is 1. The molecule has 220 valence electrons. The first-order valence-corrected chi connectivity index (χ1v) is 14.5. The Balaban J connectivity index is 1.18. The number of rotatable bonds is 10. The van der Waals surface area contributed by atoms with Gasteiger partial charge in [0.25, 0.3) is 5.91 Å². The molecule has 2 aliphatic heterocycles. The fourth-order valence-electron chi connectivity index (χ4n) is 4.95. The summed E-state index contributed by atoms with van der Waals surface area (Å²) in [4.78, 5) is 41.7. The normalized spacial score (nSPS) is 18.0. The van der Waals surface area contributed by atoms with Crippen molar-refractivity contribution in [2.45, 2.75) is 37.8 Å². The summed E-state index contributed by atoms with van der Waals surface area (Å²) in [5.74, 6) is -1.68. The number of likely N-dealkylation sites (tertiary alicyclic amines) is 1. The number of amidine groups is 1. The summed E-state index contributed by atoms with van der Waals surface area (Å²) in [7, 11) is 0. The Morgan fingerprint density at radius 1 is 1.12 bits per heavy atom. The fourth-order valence-corrected chi connectivity index (χ4v) is 5.86. The molecule has 2 atom stereocenters. The Morgan fingerprint density at radius 3 is 2.50 bits per heavy atom. The largest absolute Gasteiger partial charge is 0.489 e. The van der Waals surface area contributed by atoms with Crippen LogP contribution in [0, 0.1) is 5.41 Å². The predicted octanol–water partition coefficient (Wildman–Crippen LogP) is 2.56. The summed E-state index contributed by atoms with van der Waals surface area (Å²) in [6, 6.07) is 17.0. The van der Waals surface area contributed by atoms with Crippen LogP contribution in [0.3, 0.4) is 0 Å². The summed E-state index contributed by atoms with van der Waals surface area (Å²) in [6.45, 7) is 2.76. The number of carbonyl (C=O) groups is 3. The average Bonchev–Trinajstić information content (AvgIpc) is 3.76. The van der Waals surface area contributed by atoms with E-state index in [2.05, 4.69) is 10.6 Å². The van der Waals surface area contributed by atoms with Gasteiger partial charge in [-0.2, -0.15) is 0 Å². The molecule has 0 bridgehead atoms. The first kappa shape index (κ1) is 29.2. The molecule has 42 heavy (non-hydrogen) atoms. The minimum atomic E-state index is -1.05. The monoisotopic (exact) mass is 591 g/mol. The van der Waals surface area contributed by atoms with Gasteiger partial charge >= 0.3 is 0 Å². The van der Waals surface area contributed by atoms with Crippen LogP contribution in [0.4, 0.5) is 0 Å². The molecule has 3 amide bonds. The van der Waals surface area contributed by atoms with Crippen LogP contribution in [0.1, 0.15) is 45.7 Å². The van der Waals surface area contributed by atoms with E-state index in [1.54, 1.807) is 35.7 Å². The first-order valence-electron chi connectivity index (χ1n) is 13.6. The van der Waals surface area contributed by atoms with Crippen molar-refractivity contribution in [3.63, 3.8) is 0 Å². The van der Waals surface area contributed by atoms with E-state index in [-0.39, 0.29) is 37.3 Å². The van der Waals surface area contributed by atoms with Crippen LogP contribution >= 0.6 is 11.3 Å². The van der Waals surface area contributed by atoms with Gasteiger partial charge < -0.3 is 35.5 Å². The smallest absolute Gasteiger partial charge is 0.251 e. The second-order valence-electron chi connectivity index (χ2n) is 10.2. The highest BCUT2D eigenvalue weighted by Gasteiger charge is 2.52. The van der Waals surface area contributed by atoms with Gasteiger partial charge in [-0.15, -0.1) is 11.3 Å². The van der Waals surface area contributed by atoms with Crippen LogP contribution in [-0.2, 0) is 25.7 Å². The lowest BCUT2D eigenvalue weighted by atomic mass is 10.1. The molecule has 1 spiro atoms. The van der Waals surface area contributed by atoms with Crippen molar-refractivity contribution >= 4 is 34.9 Å². The summed E-state index contributed by atoms with van der Waals surface area (Å²) >= 11 is 1.39. The zero-order valence-corrected chi connectivity index (χ0v) is 23.9. The van der Waals surface area contributed by atoms with Crippen molar-refractivity contribution in [3.8, 4) is 5.75 Å². The number of ether oxygens (including phenoxy) is 3. The third kappa shape index (κ3) is 6.78. The standard InChI is InChI=1S/C30H33N5O6S/c1-19(25-13-22(17-42-25)27(31)32)34-29(38)24-14-30(40-11-12-41-30)18-35(24)26(36)15-33-28(37)21-7-9-23(10-8-21)39-16-20-5-3-2-4-6-20/h2-10,13,17,19,24H,11-12,14-16,18H2,1H3,(H3,31,32)(H,33,37)(H,34,38)/t19-,24+/m1/s1. The summed E-state index contributed by atoms with van der Waals surface area (Å²) in [5.41, 5.74) is 7.56. The number of nitrogens with zero attached hydrogens (tertiary/aromatic N) is 1. The Kier molecular flexibility index (Phi) is 8.86. The van der Waals surface area contributed by atoms with Gasteiger partial charge in [-0.3, -0.25) is 19.8 Å². The predicted molar refractivity (Wildman–Crippen MR) is 156 cm³/mol. The van der Waals surface area contributed by atoms with Crippen molar-refractivity contribution in [2.24, 2.45) is 5.73 Å². The topological polar surface area (TPSA) is 156 Å². The number of carbonyl (C=O) groups excluding carboxylic acids is 3. The van der Waals surface area contributed by atoms with Gasteiger partial charge in [0.05, 0.1) is 32.3 Å². The average molecular weight is 592 g/mol. The highest BCUT2D eigenvalue weighted by Crippen LogP contribution is 2.35. The molecule has 2 fully saturated rings. The van der Waals surface area contributed by atoms with Gasteiger partial charge in [-0.1, -0.05) is 30.3 Å². The van der Waals surface area contributed by atoms with E-state index in [0.717, 1.165) is 10.4 Å². The Morgan fingerprint density at radius 2 is 1.83 bits per heavy atom. The summed E-state index contributed by atoms with van der Waals surface area (Å²) < 4.78 is 17.4. The van der Waals surface area contributed by atoms with Crippen LogP contribution in [-0.4, -0.2) is 66.6 Å². The van der Waals surface area contributed by atoms with E-state index >= 15 is 0 Å². The van der Waals surface area contributed by atoms with Crippen molar-refractivity contribution in [3.05, 3.63) is 87.6 Å². The molecule has 12 heteroatoms. The van der Waals surface area contributed by atoms with Crippen molar-refractivity contribution in [1.82, 2.24) is 15.5 Å². The number of nitrogen functional groups attached to an aromatic ring is 1. The maximum atomic E-state index is 13.4. The van der Waals surface area contributed by atoms with Crippen LogP contribution in [0.2, 0.25) is 0 Å². The van der Waals surface area contributed by atoms with Gasteiger partial charge in [0.15, 0.2) is 5.79 Å². The second-order valence-corrected chi connectivity index (χ2v) is 11.2. The molecule has 5 N–H and O–H groups in total. The lowest BCUT2D eigenvalue weighted by Crippen LogP contribution is -2.49. The van der Waals surface area contributed by atoms with Crippen molar-refractivity contribution in [2.75, 3.05) is 26.3 Å². The quantitative estimate of drug-likeness (QED) is 0.209. The molecule has 11 nitrogen and oxygen atoms in total. The Hall–Kier alpha value is -4.26. The van der Waals surface area contributed by atoms with Crippen molar-refractivity contribution < 1.29 is 28.6 Å². The number of benzene rings is 2. The number of nitrogens with one attached hydrogen (secondary N) is 3. The Labute approximate surface area is 247 Å². The maximum Gasteiger partial charge on any atom is 0.251 e. The van der Waals surface area contributed by atoms with Gasteiger partial charge in [0.1, 0.15) is 24.2 Å². The molecule has 1 aromatic heterocycles. The molecular formula is C30H33N5O6S. The van der Waals surface area contributed by atoms with Crippen LogP contribution < -0.4 is 21.1 Å². The molecule has 3 aromatic rings. The minimum absolute atomic E-state index is 0.0459. The molecule has 0 aliphatic carbocycles. The zero-order valence-electron chi connectivity index (χ0n) is 23.1. The van der Waals surface area contributed by atoms with Crippen LogP contribution in [0.25, 0.3) is 0 Å². The van der Waals surface area contributed by atoms with E-state index in [1.807, 2.05) is 37.3 Å². The SMILES string of the molecule is C[C@@H](NC(=O)[C@@H]1CC2(CN1C(=O)CNC(=O)c1ccc(OCc3ccccc3)cc1)OCCO2)c1cc(C(=N)N)cs1. The fraction of sp³-hybridized carbons (Fsp3) is 0.333. The van der Waals surface area contributed by atoms with Gasteiger partial charge in [-0.25, -0.2) is 0 Å². The molecule has 0 saturated carbocycles. The molecular weight excluding hydrogens is 558 g/mol. The number of hydrogen-bond acceptors (Lipinski definition) is 8. The highest BCUT2D eigenvalue weighted by molar-refractivity contribution is 7.10. The van der Waals surface area contributed by atoms with E-state index in [9.17, 15) is 14.4 Å². The second kappa shape index (κ2) is 12.7. The van der Waals surface area contributed by atoms with Gasteiger partial charge in [-0.05, 0) is 42.8 Å². The van der Waals surface area contributed by atoms with E-state index in [1.165, 1.54) is 16.2 Å². The van der Waals surface area contributed by atoms with E-state index < -0.39 is 23.6 Å². The molecule has 5 rings (SSSR count). The summed E-state index contributed by atoms with van der Waals surface area (Å²) in [6.07, 6.45) is 0.179. The first-order chi connectivity index (χ1) is 20.2. The summed E-state index contributed by atoms with van der Waals surface area (Å²) in [5, 5.41) is 15.0. The lowest BCUT2D eigenvalue weighted by molar-refractivity contribution is -0.152. The molecule has 2 saturated heterocycles. The third-order valence-electron chi connectivity index (χ3n) is 7.21. The van der Waals surface area contributed by atoms with Gasteiger partial charge in [0, 0.05) is 27.8 Å². The van der Waals surface area contributed by atoms with Crippen LogP contribution in [0.15, 0.2) is 66.0 Å². The number of hydrogen-bond donors (Lipinski definition) is 4. The lowest BCUT2D eigenvalue weighted by Gasteiger charge is -2.25. The third-order valence-corrected chi connectivity index (χ3v) is 8.33. The zero-order chi connectivity index (χ0) is 29.7. The number of nitrogens with two attached hydrogens (primary N) is 1. The molecule has 3 heterocycles. The Bertz CT molecular complexity index is 1440. The van der Waals surface area contributed by atoms with E-state index in [0.29, 0.717) is 36.7 Å². The number of amides is 3. The molecule has 0 unspecified atom stereocenters. The molecule has 2 aromatic carbocycles. The van der Waals surface area contributed by atoms with Crippen molar-refractivity contribution in [1.29, 1.82) is 5.41 Å². The van der Waals surface area contributed by atoms with E-state index in [4.69, 9.17) is 25.4 Å². The maximum absolute atomic E-state index is 13.4. The minimum Gasteiger partial charge on any atom is -0.489 e. The van der Waals surface area contributed by atoms with Gasteiger partial charge in [0.2, 0.25) is 11.8 Å². The highest BCUT2D eigenvalue weighted by atomic mass is 32.1. The molecule has 2 aliphatic rings. The molecule has 0 radical (unpaired) electrons.